The van der Waals surface area contributed by atoms with Gasteiger partial charge >= 0.3 is 0 Å². The summed E-state index contributed by atoms with van der Waals surface area (Å²) in [6.07, 6.45) is 3.64. The zero-order valence-corrected chi connectivity index (χ0v) is 16.8. The van der Waals surface area contributed by atoms with Crippen LogP contribution in [0.3, 0.4) is 0 Å². The molecule has 0 N–H and O–H groups in total. The molecule has 0 heterocycles. The van der Waals surface area contributed by atoms with Gasteiger partial charge in [-0.1, -0.05) is 62.4 Å². The van der Waals surface area contributed by atoms with Crippen LogP contribution >= 0.6 is 0 Å². The molecule has 2 aromatic carbocycles. The lowest BCUT2D eigenvalue weighted by atomic mass is 10.2. The van der Waals surface area contributed by atoms with E-state index in [0.29, 0.717) is 24.7 Å². The molecule has 0 unspecified atom stereocenters. The molecule has 0 aliphatic heterocycles. The van der Waals surface area contributed by atoms with E-state index in [9.17, 15) is 0 Å². The number of hydrogen-bond acceptors (Lipinski definition) is 3. The molecule has 144 valence electrons. The Morgan fingerprint density at radius 1 is 0.852 bits per heavy atom. The quantitative estimate of drug-likeness (QED) is 0.288. The van der Waals surface area contributed by atoms with E-state index < -0.39 is 0 Å². The van der Waals surface area contributed by atoms with E-state index in [2.05, 4.69) is 13.2 Å². The van der Waals surface area contributed by atoms with Gasteiger partial charge in [-0.3, -0.25) is 0 Å². The maximum atomic E-state index is 5.71. The number of aryl methyl sites for hydroxylation is 1. The summed E-state index contributed by atoms with van der Waals surface area (Å²) in [7, 11) is 0. The SMILES string of the molecule is C=C(C)/C=C\C(=C)Oc1cccc(OCCOc2ccc(C)cc2)c1.CC. The third-order valence-electron chi connectivity index (χ3n) is 3.25. The lowest BCUT2D eigenvalue weighted by Gasteiger charge is -2.10. The third kappa shape index (κ3) is 9.36. The van der Waals surface area contributed by atoms with Crippen LogP contribution in [0.5, 0.6) is 17.2 Å². The number of hydrogen-bond donors (Lipinski definition) is 0. The first kappa shape index (κ1) is 22.1. The van der Waals surface area contributed by atoms with E-state index in [-0.39, 0.29) is 0 Å². The van der Waals surface area contributed by atoms with E-state index in [0.717, 1.165) is 17.1 Å². The summed E-state index contributed by atoms with van der Waals surface area (Å²) in [5, 5.41) is 0. The van der Waals surface area contributed by atoms with Gasteiger partial charge in [-0.2, -0.15) is 0 Å². The van der Waals surface area contributed by atoms with Crippen LogP contribution in [0.15, 0.2) is 85.2 Å². The first-order chi connectivity index (χ1) is 13.0. The maximum absolute atomic E-state index is 5.71. The molecule has 0 aromatic heterocycles. The zero-order chi connectivity index (χ0) is 20.1. The highest BCUT2D eigenvalue weighted by molar-refractivity contribution is 5.35. The van der Waals surface area contributed by atoms with Gasteiger partial charge in [0.15, 0.2) is 0 Å². The predicted octanol–water partition coefficient (Wildman–Crippen LogP) is 6.50. The van der Waals surface area contributed by atoms with Gasteiger partial charge in [0.25, 0.3) is 0 Å². The Hall–Kier alpha value is -2.94. The molecule has 2 aromatic rings. The molecule has 3 nitrogen and oxygen atoms in total. The minimum atomic E-state index is 0.452. The summed E-state index contributed by atoms with van der Waals surface area (Å²) < 4.78 is 17.0. The number of allylic oxidation sites excluding steroid dienone is 3. The molecule has 0 bridgehead atoms. The molecular formula is C24H30O3. The lowest BCUT2D eigenvalue weighted by Crippen LogP contribution is -2.09. The summed E-state index contributed by atoms with van der Waals surface area (Å²) in [4.78, 5) is 0. The van der Waals surface area contributed by atoms with Crippen molar-refractivity contribution in [2.24, 2.45) is 0 Å². The van der Waals surface area contributed by atoms with Crippen molar-refractivity contribution in [2.75, 3.05) is 13.2 Å². The van der Waals surface area contributed by atoms with E-state index in [1.165, 1.54) is 5.56 Å². The molecule has 0 atom stereocenters. The maximum Gasteiger partial charge on any atom is 0.131 e. The van der Waals surface area contributed by atoms with Gasteiger partial charge in [-0.05, 0) is 44.2 Å². The summed E-state index contributed by atoms with van der Waals surface area (Å²) in [5.74, 6) is 2.78. The number of rotatable bonds is 9. The standard InChI is InChI=1S/C22H24O3.C2H6/c1-17(2)8-11-19(4)25-22-7-5-6-21(16-22)24-15-14-23-20-12-9-18(3)10-13-20;1-2/h5-13,16H,1,4,14-15H2,2-3H3;1-2H3/b11-8-;. The fourth-order valence-electron chi connectivity index (χ4n) is 2.00. The fraction of sp³-hybridized carbons (Fsp3) is 0.250. The van der Waals surface area contributed by atoms with Crippen LogP contribution in [0.2, 0.25) is 0 Å². The molecule has 0 amide bonds. The minimum Gasteiger partial charge on any atom is -0.490 e. The Morgan fingerprint density at radius 2 is 1.44 bits per heavy atom. The largest absolute Gasteiger partial charge is 0.490 e. The van der Waals surface area contributed by atoms with Crippen LogP contribution in [-0.4, -0.2) is 13.2 Å². The van der Waals surface area contributed by atoms with E-state index >= 15 is 0 Å². The minimum absolute atomic E-state index is 0.452. The lowest BCUT2D eigenvalue weighted by molar-refractivity contribution is 0.216. The highest BCUT2D eigenvalue weighted by Gasteiger charge is 2.00. The highest BCUT2D eigenvalue weighted by atomic mass is 16.5. The molecule has 27 heavy (non-hydrogen) atoms. The van der Waals surface area contributed by atoms with Gasteiger partial charge in [0.1, 0.15) is 36.2 Å². The molecule has 0 spiro atoms. The van der Waals surface area contributed by atoms with Crippen molar-refractivity contribution in [1.29, 1.82) is 0 Å². The molecule has 0 saturated carbocycles. The monoisotopic (exact) mass is 366 g/mol. The van der Waals surface area contributed by atoms with Gasteiger partial charge in [0.05, 0.1) is 0 Å². The van der Waals surface area contributed by atoms with Crippen molar-refractivity contribution in [1.82, 2.24) is 0 Å². The van der Waals surface area contributed by atoms with Gasteiger partial charge in [0, 0.05) is 6.07 Å². The molecule has 0 fully saturated rings. The van der Waals surface area contributed by atoms with Crippen LogP contribution < -0.4 is 14.2 Å². The molecule has 0 aliphatic carbocycles. The molecule has 0 aliphatic rings. The van der Waals surface area contributed by atoms with Crippen molar-refractivity contribution >= 4 is 0 Å². The summed E-state index contributed by atoms with van der Waals surface area (Å²) in [6, 6.07) is 15.4. The van der Waals surface area contributed by atoms with Crippen molar-refractivity contribution in [2.45, 2.75) is 27.7 Å². The summed E-state index contributed by atoms with van der Waals surface area (Å²) in [5.41, 5.74) is 2.15. The van der Waals surface area contributed by atoms with Gasteiger partial charge in [0.2, 0.25) is 0 Å². The number of benzene rings is 2. The van der Waals surface area contributed by atoms with Crippen molar-refractivity contribution in [3.05, 3.63) is 90.7 Å². The van der Waals surface area contributed by atoms with E-state index in [4.69, 9.17) is 14.2 Å². The molecule has 0 saturated heterocycles. The molecule has 2 rings (SSSR count). The van der Waals surface area contributed by atoms with Crippen LogP contribution in [0.4, 0.5) is 0 Å². The van der Waals surface area contributed by atoms with Crippen molar-refractivity contribution in [3.8, 4) is 17.2 Å². The first-order valence-electron chi connectivity index (χ1n) is 9.15. The van der Waals surface area contributed by atoms with Crippen LogP contribution in [0.1, 0.15) is 26.3 Å². The Balaban J connectivity index is 0.00000176. The normalized spacial score (nSPS) is 9.93. The molecule has 3 heteroatoms. The fourth-order valence-corrected chi connectivity index (χ4v) is 2.00. The highest BCUT2D eigenvalue weighted by Crippen LogP contribution is 2.21. The first-order valence-corrected chi connectivity index (χ1v) is 9.15. The molecular weight excluding hydrogens is 336 g/mol. The van der Waals surface area contributed by atoms with Gasteiger partial charge < -0.3 is 14.2 Å². The van der Waals surface area contributed by atoms with Crippen molar-refractivity contribution in [3.63, 3.8) is 0 Å². The second kappa shape index (κ2) is 12.4. The smallest absolute Gasteiger partial charge is 0.131 e. The Morgan fingerprint density at radius 3 is 2.07 bits per heavy atom. The third-order valence-corrected chi connectivity index (χ3v) is 3.25. The average Bonchev–Trinajstić information content (AvgIpc) is 2.67. The average molecular weight is 367 g/mol. The summed E-state index contributed by atoms with van der Waals surface area (Å²) >= 11 is 0. The van der Waals surface area contributed by atoms with Crippen LogP contribution in [0.25, 0.3) is 0 Å². The van der Waals surface area contributed by atoms with Crippen molar-refractivity contribution < 1.29 is 14.2 Å². The van der Waals surface area contributed by atoms with E-state index in [1.54, 1.807) is 6.08 Å². The topological polar surface area (TPSA) is 27.7 Å². The second-order valence-electron chi connectivity index (χ2n) is 5.73. The Bertz CT molecular complexity index is 742. The Labute approximate surface area is 163 Å². The van der Waals surface area contributed by atoms with Crippen LogP contribution in [-0.2, 0) is 0 Å². The number of ether oxygens (including phenoxy) is 3. The predicted molar refractivity (Wildman–Crippen MR) is 114 cm³/mol. The molecule has 0 radical (unpaired) electrons. The van der Waals surface area contributed by atoms with Gasteiger partial charge in [-0.15, -0.1) is 0 Å². The Kier molecular flexibility index (Phi) is 10.2. The zero-order valence-electron chi connectivity index (χ0n) is 16.8. The van der Waals surface area contributed by atoms with Crippen LogP contribution in [0, 0.1) is 6.92 Å². The summed E-state index contributed by atoms with van der Waals surface area (Å²) in [6.45, 7) is 16.5. The van der Waals surface area contributed by atoms with E-state index in [1.807, 2.05) is 82.3 Å². The second-order valence-corrected chi connectivity index (χ2v) is 5.73. The van der Waals surface area contributed by atoms with Gasteiger partial charge in [-0.25, -0.2) is 0 Å².